The molecule has 0 amide bonds. The first-order valence-corrected chi connectivity index (χ1v) is 5.55. The molecule has 0 radical (unpaired) electrons. The van der Waals surface area contributed by atoms with Crippen LogP contribution in [0.3, 0.4) is 0 Å². The molecule has 0 bridgehead atoms. The van der Waals surface area contributed by atoms with Gasteiger partial charge in [0.05, 0.1) is 11.8 Å². The highest BCUT2D eigenvalue weighted by Crippen LogP contribution is 2.27. The number of nitrogens with zero attached hydrogens (tertiary/aromatic N) is 1. The number of aliphatic hydroxyl groups is 1. The van der Waals surface area contributed by atoms with Crippen LogP contribution in [0.1, 0.15) is 18.7 Å². The minimum atomic E-state index is -0.897. The molecule has 1 heterocycles. The van der Waals surface area contributed by atoms with E-state index in [0.717, 1.165) is 12.1 Å². The summed E-state index contributed by atoms with van der Waals surface area (Å²) in [6.45, 7) is 1.60. The average Bonchev–Trinajstić information content (AvgIpc) is 2.71. The summed E-state index contributed by atoms with van der Waals surface area (Å²) in [6, 6.07) is 3.62. The van der Waals surface area contributed by atoms with Gasteiger partial charge in [-0.25, -0.2) is 13.8 Å². The van der Waals surface area contributed by atoms with E-state index in [0.29, 0.717) is 16.3 Å². The van der Waals surface area contributed by atoms with Crippen molar-refractivity contribution in [1.82, 2.24) is 4.98 Å². The van der Waals surface area contributed by atoms with Gasteiger partial charge in [0, 0.05) is 10.9 Å². The second-order valence-electron chi connectivity index (χ2n) is 3.38. The van der Waals surface area contributed by atoms with Gasteiger partial charge in [-0.15, -0.1) is 11.3 Å². The van der Waals surface area contributed by atoms with Gasteiger partial charge in [0.1, 0.15) is 5.01 Å². The second-order valence-corrected chi connectivity index (χ2v) is 4.24. The summed E-state index contributed by atoms with van der Waals surface area (Å²) in [6.07, 6.45) is -0.657. The standard InChI is InChI=1S/C11H9F2NOS/c1-6(15)10-5-16-11(14-10)7-2-3-8(12)9(13)4-7/h2-6,15H,1H3. The van der Waals surface area contributed by atoms with E-state index in [1.54, 1.807) is 12.3 Å². The third kappa shape index (κ3) is 2.10. The summed E-state index contributed by atoms with van der Waals surface area (Å²) in [5, 5.41) is 11.6. The fourth-order valence-electron chi connectivity index (χ4n) is 1.24. The van der Waals surface area contributed by atoms with Crippen LogP contribution in [-0.2, 0) is 0 Å². The number of aromatic nitrogens is 1. The fraction of sp³-hybridized carbons (Fsp3) is 0.182. The molecular weight excluding hydrogens is 232 g/mol. The number of benzene rings is 1. The fourth-order valence-corrected chi connectivity index (χ4v) is 2.14. The van der Waals surface area contributed by atoms with Crippen molar-refractivity contribution in [2.75, 3.05) is 0 Å². The molecule has 0 aliphatic heterocycles. The highest BCUT2D eigenvalue weighted by molar-refractivity contribution is 7.13. The zero-order valence-corrected chi connectivity index (χ0v) is 9.26. The van der Waals surface area contributed by atoms with Crippen LogP contribution >= 0.6 is 11.3 Å². The smallest absolute Gasteiger partial charge is 0.159 e. The lowest BCUT2D eigenvalue weighted by Gasteiger charge is -1.98. The Labute approximate surface area is 95.2 Å². The first-order chi connectivity index (χ1) is 7.58. The van der Waals surface area contributed by atoms with Gasteiger partial charge in [-0.05, 0) is 25.1 Å². The molecule has 0 spiro atoms. The van der Waals surface area contributed by atoms with E-state index in [2.05, 4.69) is 4.98 Å². The topological polar surface area (TPSA) is 33.1 Å². The SMILES string of the molecule is CC(O)c1csc(-c2ccc(F)c(F)c2)n1. The minimum Gasteiger partial charge on any atom is -0.387 e. The van der Waals surface area contributed by atoms with E-state index in [4.69, 9.17) is 0 Å². The molecule has 84 valence electrons. The van der Waals surface area contributed by atoms with Crippen molar-refractivity contribution >= 4 is 11.3 Å². The van der Waals surface area contributed by atoms with E-state index in [1.165, 1.54) is 17.4 Å². The van der Waals surface area contributed by atoms with Crippen molar-refractivity contribution in [3.8, 4) is 10.6 Å². The molecule has 2 rings (SSSR count). The first kappa shape index (κ1) is 11.2. The summed E-state index contributed by atoms with van der Waals surface area (Å²) in [7, 11) is 0. The quantitative estimate of drug-likeness (QED) is 0.876. The van der Waals surface area contributed by atoms with Crippen molar-refractivity contribution in [1.29, 1.82) is 0 Å². The number of aliphatic hydroxyl groups excluding tert-OH is 1. The van der Waals surface area contributed by atoms with Crippen molar-refractivity contribution in [3.63, 3.8) is 0 Å². The minimum absolute atomic E-state index is 0.510. The summed E-state index contributed by atoms with van der Waals surface area (Å²) in [5.74, 6) is -1.78. The zero-order valence-electron chi connectivity index (χ0n) is 8.45. The molecule has 0 saturated carbocycles. The van der Waals surface area contributed by atoms with Gasteiger partial charge in [-0.3, -0.25) is 0 Å². The van der Waals surface area contributed by atoms with Gasteiger partial charge in [-0.1, -0.05) is 0 Å². The van der Waals surface area contributed by atoms with Crippen molar-refractivity contribution in [2.24, 2.45) is 0 Å². The molecule has 16 heavy (non-hydrogen) atoms. The van der Waals surface area contributed by atoms with E-state index in [-0.39, 0.29) is 0 Å². The molecule has 2 nitrogen and oxygen atoms in total. The third-order valence-electron chi connectivity index (χ3n) is 2.12. The van der Waals surface area contributed by atoms with E-state index in [1.807, 2.05) is 0 Å². The summed E-state index contributed by atoms with van der Waals surface area (Å²) < 4.78 is 25.7. The maximum atomic E-state index is 13.0. The third-order valence-corrected chi connectivity index (χ3v) is 3.03. The van der Waals surface area contributed by atoms with Crippen LogP contribution in [0, 0.1) is 11.6 Å². The predicted octanol–water partition coefficient (Wildman–Crippen LogP) is 3.14. The maximum Gasteiger partial charge on any atom is 0.159 e. The molecule has 0 saturated heterocycles. The molecule has 2 aromatic rings. The highest BCUT2D eigenvalue weighted by atomic mass is 32.1. The lowest BCUT2D eigenvalue weighted by Crippen LogP contribution is -1.91. The Morgan fingerprint density at radius 1 is 1.31 bits per heavy atom. The van der Waals surface area contributed by atoms with Gasteiger partial charge < -0.3 is 5.11 Å². The molecule has 1 unspecified atom stereocenters. The summed E-state index contributed by atoms with van der Waals surface area (Å²) >= 11 is 1.29. The largest absolute Gasteiger partial charge is 0.387 e. The number of halogens is 2. The van der Waals surface area contributed by atoms with Crippen LogP contribution in [0.5, 0.6) is 0 Å². The van der Waals surface area contributed by atoms with Crippen LogP contribution in [0.15, 0.2) is 23.6 Å². The van der Waals surface area contributed by atoms with Crippen LogP contribution in [0.2, 0.25) is 0 Å². The van der Waals surface area contributed by atoms with Crippen LogP contribution in [0.4, 0.5) is 8.78 Å². The molecule has 5 heteroatoms. The zero-order chi connectivity index (χ0) is 11.7. The number of hydrogen-bond donors (Lipinski definition) is 1. The molecule has 1 aromatic carbocycles. The lowest BCUT2D eigenvalue weighted by atomic mass is 10.2. The normalized spacial score (nSPS) is 12.8. The molecule has 0 fully saturated rings. The van der Waals surface area contributed by atoms with Crippen molar-refractivity contribution in [2.45, 2.75) is 13.0 Å². The monoisotopic (exact) mass is 241 g/mol. The van der Waals surface area contributed by atoms with E-state index in [9.17, 15) is 13.9 Å². The Balaban J connectivity index is 2.39. The van der Waals surface area contributed by atoms with Gasteiger partial charge in [0.25, 0.3) is 0 Å². The Kier molecular flexibility index (Phi) is 2.98. The van der Waals surface area contributed by atoms with E-state index < -0.39 is 17.7 Å². The predicted molar refractivity (Wildman–Crippen MR) is 58.1 cm³/mol. The lowest BCUT2D eigenvalue weighted by molar-refractivity contribution is 0.195. The Hall–Kier alpha value is -1.33. The second kappa shape index (κ2) is 4.27. The van der Waals surface area contributed by atoms with Gasteiger partial charge in [0.15, 0.2) is 11.6 Å². The molecule has 1 atom stereocenters. The van der Waals surface area contributed by atoms with Crippen LogP contribution < -0.4 is 0 Å². The molecule has 0 aliphatic carbocycles. The van der Waals surface area contributed by atoms with Crippen molar-refractivity contribution < 1.29 is 13.9 Å². The van der Waals surface area contributed by atoms with Crippen LogP contribution in [0.25, 0.3) is 10.6 Å². The van der Waals surface area contributed by atoms with Gasteiger partial charge >= 0.3 is 0 Å². The Bertz CT molecular complexity index is 510. The molecule has 0 aliphatic rings. The Morgan fingerprint density at radius 3 is 2.62 bits per heavy atom. The average molecular weight is 241 g/mol. The highest BCUT2D eigenvalue weighted by Gasteiger charge is 2.10. The van der Waals surface area contributed by atoms with Gasteiger partial charge in [-0.2, -0.15) is 0 Å². The van der Waals surface area contributed by atoms with Crippen molar-refractivity contribution in [3.05, 3.63) is 40.9 Å². The van der Waals surface area contributed by atoms with Crippen LogP contribution in [-0.4, -0.2) is 10.1 Å². The molecule has 1 aromatic heterocycles. The molecule has 1 N–H and O–H groups in total. The number of thiazole rings is 1. The summed E-state index contributed by atoms with van der Waals surface area (Å²) in [4.78, 5) is 4.13. The Morgan fingerprint density at radius 2 is 2.06 bits per heavy atom. The number of rotatable bonds is 2. The molecular formula is C11H9F2NOS. The summed E-state index contributed by atoms with van der Waals surface area (Å²) in [5.41, 5.74) is 1.04. The van der Waals surface area contributed by atoms with E-state index >= 15 is 0 Å². The number of hydrogen-bond acceptors (Lipinski definition) is 3. The maximum absolute atomic E-state index is 13.0. The van der Waals surface area contributed by atoms with Gasteiger partial charge in [0.2, 0.25) is 0 Å². The first-order valence-electron chi connectivity index (χ1n) is 4.67.